The molecule has 0 fully saturated rings. The van der Waals surface area contributed by atoms with Crippen molar-refractivity contribution in [1.29, 1.82) is 0 Å². The summed E-state index contributed by atoms with van der Waals surface area (Å²) in [6.07, 6.45) is 1.69. The largest absolute Gasteiger partial charge is 0.228 e. The zero-order valence-electron chi connectivity index (χ0n) is 7.13. The van der Waals surface area contributed by atoms with Gasteiger partial charge in [-0.2, -0.15) is 0 Å². The fraction of sp³-hybridized carbons (Fsp3) is 0.500. The lowest BCUT2D eigenvalue weighted by Crippen LogP contribution is -2.22. The number of halogens is 2. The van der Waals surface area contributed by atoms with E-state index in [1.54, 1.807) is 0 Å². The van der Waals surface area contributed by atoms with Crippen LogP contribution in [-0.2, 0) is 9.84 Å². The van der Waals surface area contributed by atoms with E-state index >= 15 is 0 Å². The Morgan fingerprint density at radius 3 is 2.62 bits per heavy atom. The van der Waals surface area contributed by atoms with E-state index in [0.717, 1.165) is 6.08 Å². The van der Waals surface area contributed by atoms with Crippen LogP contribution >= 0.6 is 0 Å². The van der Waals surface area contributed by atoms with Gasteiger partial charge in [0.15, 0.2) is 15.7 Å². The van der Waals surface area contributed by atoms with Crippen molar-refractivity contribution in [3.8, 4) is 0 Å². The summed E-state index contributed by atoms with van der Waals surface area (Å²) in [7, 11) is -3.31. The average molecular weight is 208 g/mol. The Kier molecular flexibility index (Phi) is 2.85. The summed E-state index contributed by atoms with van der Waals surface area (Å²) in [5.41, 5.74) is 0. The molecule has 0 heterocycles. The van der Waals surface area contributed by atoms with Gasteiger partial charge in [-0.1, -0.05) is 13.0 Å². The van der Waals surface area contributed by atoms with Crippen LogP contribution in [0.15, 0.2) is 23.8 Å². The monoisotopic (exact) mass is 208 g/mol. The van der Waals surface area contributed by atoms with Gasteiger partial charge in [0, 0.05) is 12.2 Å². The minimum atomic E-state index is -3.31. The molecule has 1 aliphatic carbocycles. The van der Waals surface area contributed by atoms with E-state index in [2.05, 4.69) is 0 Å². The maximum absolute atomic E-state index is 12.7. The van der Waals surface area contributed by atoms with Crippen LogP contribution in [0.25, 0.3) is 0 Å². The van der Waals surface area contributed by atoms with Gasteiger partial charge in [-0.3, -0.25) is 0 Å². The van der Waals surface area contributed by atoms with E-state index in [1.165, 1.54) is 13.0 Å². The Labute approximate surface area is 75.9 Å². The van der Waals surface area contributed by atoms with Crippen LogP contribution in [0.5, 0.6) is 0 Å². The first-order chi connectivity index (χ1) is 5.97. The molecule has 0 saturated heterocycles. The zero-order chi connectivity index (χ0) is 10.1. The maximum atomic E-state index is 12.7. The van der Waals surface area contributed by atoms with Crippen LogP contribution in [0.3, 0.4) is 0 Å². The molecule has 0 aromatic heterocycles. The van der Waals surface area contributed by atoms with Crippen LogP contribution in [0.2, 0.25) is 0 Å². The smallest absolute Gasteiger partial charge is 0.156 e. The standard InChI is InChI=1S/C8H10F2O2S/c1-2-13(11,12)6-3-4-7(9)8(10)5-6/h3-4,6H,2,5H2,1H3. The van der Waals surface area contributed by atoms with Crippen LogP contribution in [-0.4, -0.2) is 19.4 Å². The first-order valence-corrected chi connectivity index (χ1v) is 5.63. The lowest BCUT2D eigenvalue weighted by atomic mass is 10.1. The maximum Gasteiger partial charge on any atom is 0.156 e. The molecule has 2 nitrogen and oxygen atoms in total. The zero-order valence-corrected chi connectivity index (χ0v) is 7.94. The van der Waals surface area contributed by atoms with Crippen molar-refractivity contribution >= 4 is 9.84 Å². The molecule has 0 bridgehead atoms. The summed E-state index contributed by atoms with van der Waals surface area (Å²) in [6, 6.07) is 0. The molecule has 1 unspecified atom stereocenters. The van der Waals surface area contributed by atoms with Gasteiger partial charge < -0.3 is 0 Å². The Morgan fingerprint density at radius 2 is 2.15 bits per heavy atom. The fourth-order valence-electron chi connectivity index (χ4n) is 1.09. The van der Waals surface area contributed by atoms with Crippen molar-refractivity contribution in [3.05, 3.63) is 23.8 Å². The topological polar surface area (TPSA) is 34.1 Å². The SMILES string of the molecule is CCS(=O)(=O)C1C=CC(F)=C(F)C1. The normalized spacial score (nSPS) is 23.8. The fourth-order valence-corrected chi connectivity index (χ4v) is 2.23. The molecule has 0 radical (unpaired) electrons. The molecule has 0 amide bonds. The van der Waals surface area contributed by atoms with E-state index < -0.39 is 26.7 Å². The lowest BCUT2D eigenvalue weighted by molar-refractivity contribution is 0.509. The third kappa shape index (κ3) is 2.15. The van der Waals surface area contributed by atoms with E-state index in [1.807, 2.05) is 0 Å². The Balaban J connectivity index is 2.89. The highest BCUT2D eigenvalue weighted by molar-refractivity contribution is 7.92. The van der Waals surface area contributed by atoms with Crippen molar-refractivity contribution in [1.82, 2.24) is 0 Å². The third-order valence-corrected chi connectivity index (χ3v) is 4.01. The van der Waals surface area contributed by atoms with Gasteiger partial charge in [-0.05, 0) is 6.08 Å². The highest BCUT2D eigenvalue weighted by Crippen LogP contribution is 2.25. The third-order valence-electron chi connectivity index (χ3n) is 1.96. The Hall–Kier alpha value is -0.710. The van der Waals surface area contributed by atoms with Crippen LogP contribution in [0, 0.1) is 0 Å². The number of allylic oxidation sites excluding steroid dienone is 3. The molecule has 0 aromatic rings. The molecule has 0 spiro atoms. The van der Waals surface area contributed by atoms with Crippen molar-refractivity contribution in [2.75, 3.05) is 5.75 Å². The number of hydrogen-bond acceptors (Lipinski definition) is 2. The summed E-state index contributed by atoms with van der Waals surface area (Å²) in [6.45, 7) is 1.48. The van der Waals surface area contributed by atoms with Gasteiger partial charge in [-0.15, -0.1) is 0 Å². The predicted octanol–water partition coefficient (Wildman–Crippen LogP) is 1.90. The average Bonchev–Trinajstić information content (AvgIpc) is 2.09. The molecule has 0 N–H and O–H groups in total. The first-order valence-electron chi connectivity index (χ1n) is 3.91. The molecular weight excluding hydrogens is 198 g/mol. The van der Waals surface area contributed by atoms with Crippen LogP contribution < -0.4 is 0 Å². The quantitative estimate of drug-likeness (QED) is 0.694. The minimum absolute atomic E-state index is 0.0586. The Bertz CT molecular complexity index is 354. The predicted molar refractivity (Wildman–Crippen MR) is 46.2 cm³/mol. The molecular formula is C8H10F2O2S. The minimum Gasteiger partial charge on any atom is -0.228 e. The van der Waals surface area contributed by atoms with E-state index in [4.69, 9.17) is 0 Å². The van der Waals surface area contributed by atoms with Crippen molar-refractivity contribution in [2.24, 2.45) is 0 Å². The second kappa shape index (κ2) is 3.57. The highest BCUT2D eigenvalue weighted by Gasteiger charge is 2.26. The van der Waals surface area contributed by atoms with E-state index in [0.29, 0.717) is 0 Å². The molecule has 13 heavy (non-hydrogen) atoms. The van der Waals surface area contributed by atoms with E-state index in [9.17, 15) is 17.2 Å². The van der Waals surface area contributed by atoms with Crippen LogP contribution in [0.1, 0.15) is 13.3 Å². The molecule has 1 atom stereocenters. The van der Waals surface area contributed by atoms with Gasteiger partial charge in [0.25, 0.3) is 0 Å². The summed E-state index contributed by atoms with van der Waals surface area (Å²) in [5.74, 6) is -2.01. The van der Waals surface area contributed by atoms with Crippen molar-refractivity contribution in [2.45, 2.75) is 18.6 Å². The number of sulfone groups is 1. The molecule has 1 rings (SSSR count). The van der Waals surface area contributed by atoms with Gasteiger partial charge in [-0.25, -0.2) is 17.2 Å². The molecule has 0 aliphatic heterocycles. The number of hydrogen-bond donors (Lipinski definition) is 0. The van der Waals surface area contributed by atoms with E-state index in [-0.39, 0.29) is 12.2 Å². The highest BCUT2D eigenvalue weighted by atomic mass is 32.2. The van der Waals surface area contributed by atoms with Crippen molar-refractivity contribution < 1.29 is 17.2 Å². The Morgan fingerprint density at radius 1 is 1.54 bits per heavy atom. The molecule has 1 aliphatic rings. The van der Waals surface area contributed by atoms with Crippen LogP contribution in [0.4, 0.5) is 8.78 Å². The summed E-state index contributed by atoms with van der Waals surface area (Å²) in [5, 5.41) is -0.906. The second-order valence-corrected chi connectivity index (χ2v) is 5.31. The summed E-state index contributed by atoms with van der Waals surface area (Å²) >= 11 is 0. The molecule has 5 heteroatoms. The lowest BCUT2D eigenvalue weighted by Gasteiger charge is -2.14. The van der Waals surface area contributed by atoms with Gasteiger partial charge in [0.2, 0.25) is 0 Å². The molecule has 0 aromatic carbocycles. The van der Waals surface area contributed by atoms with Gasteiger partial charge in [0.1, 0.15) is 5.83 Å². The molecule has 74 valence electrons. The van der Waals surface area contributed by atoms with Gasteiger partial charge in [0.05, 0.1) is 5.25 Å². The van der Waals surface area contributed by atoms with Gasteiger partial charge >= 0.3 is 0 Å². The molecule has 0 saturated carbocycles. The number of rotatable bonds is 2. The first kappa shape index (κ1) is 10.4. The van der Waals surface area contributed by atoms with Crippen molar-refractivity contribution in [3.63, 3.8) is 0 Å². The second-order valence-electron chi connectivity index (χ2n) is 2.81. The summed E-state index contributed by atoms with van der Waals surface area (Å²) in [4.78, 5) is 0. The summed E-state index contributed by atoms with van der Waals surface area (Å²) < 4.78 is 47.6.